The maximum Gasteiger partial charge on any atom is 0.243 e. The van der Waals surface area contributed by atoms with Crippen molar-refractivity contribution in [3.05, 3.63) is 29.8 Å². The summed E-state index contributed by atoms with van der Waals surface area (Å²) in [6, 6.07) is 6.18. The van der Waals surface area contributed by atoms with Crippen LogP contribution in [0.2, 0.25) is 0 Å². The molecule has 21 heavy (non-hydrogen) atoms. The molecule has 1 N–H and O–H groups in total. The van der Waals surface area contributed by atoms with Gasteiger partial charge < -0.3 is 5.11 Å². The van der Waals surface area contributed by atoms with Crippen LogP contribution in [0.3, 0.4) is 0 Å². The third kappa shape index (κ3) is 3.33. The molecule has 0 bridgehead atoms. The Morgan fingerprint density at radius 3 is 2.76 bits per heavy atom. The molecule has 1 saturated heterocycles. The third-order valence-corrected chi connectivity index (χ3v) is 5.85. The van der Waals surface area contributed by atoms with Crippen molar-refractivity contribution in [3.8, 4) is 0 Å². The summed E-state index contributed by atoms with van der Waals surface area (Å²) in [4.78, 5) is 11.9. The first-order chi connectivity index (χ1) is 9.86. The van der Waals surface area contributed by atoms with Crippen LogP contribution in [0.5, 0.6) is 0 Å². The number of Topliss-reactive ketones (excluding diaryl/α,β-unsaturated/α-hetero) is 1. The van der Waals surface area contributed by atoms with Crippen LogP contribution in [0.1, 0.15) is 37.0 Å². The SMILES string of the molecule is CCC(=O)c1cccc(S(=O)(=O)N2CCC(C(C)O)C2)c1. The molecular weight excluding hydrogens is 290 g/mol. The summed E-state index contributed by atoms with van der Waals surface area (Å²) in [6.45, 7) is 4.16. The van der Waals surface area contributed by atoms with Crippen LogP contribution in [-0.4, -0.2) is 42.8 Å². The maximum atomic E-state index is 12.6. The van der Waals surface area contributed by atoms with Crippen LogP contribution < -0.4 is 0 Å². The average Bonchev–Trinajstić information content (AvgIpc) is 2.97. The van der Waals surface area contributed by atoms with Gasteiger partial charge in [0.15, 0.2) is 5.78 Å². The van der Waals surface area contributed by atoms with Crippen molar-refractivity contribution < 1.29 is 18.3 Å². The zero-order chi connectivity index (χ0) is 15.6. The van der Waals surface area contributed by atoms with Crippen LogP contribution in [0.25, 0.3) is 0 Å². The van der Waals surface area contributed by atoms with E-state index in [-0.39, 0.29) is 16.6 Å². The molecule has 116 valence electrons. The average molecular weight is 311 g/mol. The van der Waals surface area contributed by atoms with Gasteiger partial charge in [-0.3, -0.25) is 4.79 Å². The zero-order valence-electron chi connectivity index (χ0n) is 12.3. The van der Waals surface area contributed by atoms with Gasteiger partial charge in [-0.25, -0.2) is 8.42 Å². The fourth-order valence-corrected chi connectivity index (χ4v) is 4.11. The molecule has 5 nitrogen and oxygen atoms in total. The van der Waals surface area contributed by atoms with E-state index in [0.717, 1.165) is 0 Å². The summed E-state index contributed by atoms with van der Waals surface area (Å²) >= 11 is 0. The summed E-state index contributed by atoms with van der Waals surface area (Å²) in [5, 5.41) is 9.59. The highest BCUT2D eigenvalue weighted by atomic mass is 32.2. The summed E-state index contributed by atoms with van der Waals surface area (Å²) in [6.07, 6.45) is 0.486. The van der Waals surface area contributed by atoms with Gasteiger partial charge >= 0.3 is 0 Å². The molecular formula is C15H21NO4S. The first-order valence-electron chi connectivity index (χ1n) is 7.17. The Kier molecular flexibility index (Phi) is 4.81. The molecule has 1 fully saturated rings. The van der Waals surface area contributed by atoms with Crippen LogP contribution >= 0.6 is 0 Å². The van der Waals surface area contributed by atoms with Crippen LogP contribution in [0, 0.1) is 5.92 Å². The Morgan fingerprint density at radius 2 is 2.19 bits per heavy atom. The van der Waals surface area contributed by atoms with Crippen molar-refractivity contribution in [1.29, 1.82) is 0 Å². The molecule has 1 heterocycles. The Morgan fingerprint density at radius 1 is 1.48 bits per heavy atom. The van der Waals surface area contributed by atoms with E-state index in [4.69, 9.17) is 0 Å². The second kappa shape index (κ2) is 6.25. The summed E-state index contributed by atoms with van der Waals surface area (Å²) in [7, 11) is -3.60. The van der Waals surface area contributed by atoms with E-state index >= 15 is 0 Å². The van der Waals surface area contributed by atoms with Gasteiger partial charge in [0.05, 0.1) is 11.0 Å². The van der Waals surface area contributed by atoms with Gasteiger partial charge in [-0.15, -0.1) is 0 Å². The van der Waals surface area contributed by atoms with E-state index in [9.17, 15) is 18.3 Å². The maximum absolute atomic E-state index is 12.6. The van der Waals surface area contributed by atoms with Crippen molar-refractivity contribution in [1.82, 2.24) is 4.31 Å². The van der Waals surface area contributed by atoms with Crippen molar-refractivity contribution >= 4 is 15.8 Å². The van der Waals surface area contributed by atoms with Gasteiger partial charge in [-0.1, -0.05) is 19.1 Å². The molecule has 2 unspecified atom stereocenters. The fraction of sp³-hybridized carbons (Fsp3) is 0.533. The number of aliphatic hydroxyl groups excluding tert-OH is 1. The summed E-state index contributed by atoms with van der Waals surface area (Å²) in [5.41, 5.74) is 0.421. The first-order valence-corrected chi connectivity index (χ1v) is 8.61. The number of sulfonamides is 1. The van der Waals surface area contributed by atoms with E-state index in [1.807, 2.05) is 0 Å². The predicted octanol–water partition coefficient (Wildman–Crippen LogP) is 1.67. The Bertz CT molecular complexity index is 624. The van der Waals surface area contributed by atoms with Crippen LogP contribution in [0.4, 0.5) is 0 Å². The van der Waals surface area contributed by atoms with Crippen molar-refractivity contribution in [2.45, 2.75) is 37.7 Å². The van der Waals surface area contributed by atoms with E-state index in [0.29, 0.717) is 31.5 Å². The largest absolute Gasteiger partial charge is 0.393 e. The first kappa shape index (κ1) is 16.1. The zero-order valence-corrected chi connectivity index (χ0v) is 13.1. The van der Waals surface area contributed by atoms with Gasteiger partial charge in [-0.05, 0) is 31.4 Å². The number of hydrogen-bond acceptors (Lipinski definition) is 4. The number of ketones is 1. The highest BCUT2D eigenvalue weighted by Crippen LogP contribution is 2.26. The molecule has 0 saturated carbocycles. The quantitative estimate of drug-likeness (QED) is 0.839. The smallest absolute Gasteiger partial charge is 0.243 e. The lowest BCUT2D eigenvalue weighted by atomic mass is 10.0. The minimum absolute atomic E-state index is 0.0276. The molecule has 0 amide bonds. The second-order valence-electron chi connectivity index (χ2n) is 5.46. The molecule has 1 aromatic carbocycles. The Labute approximate surface area is 125 Å². The van der Waals surface area contributed by atoms with Crippen molar-refractivity contribution in [2.24, 2.45) is 5.92 Å². The molecule has 0 radical (unpaired) electrons. The van der Waals surface area contributed by atoms with Gasteiger partial charge in [0.25, 0.3) is 0 Å². The number of benzene rings is 1. The molecule has 0 aromatic heterocycles. The molecule has 1 aliphatic heterocycles. The van der Waals surface area contributed by atoms with Gasteiger partial charge in [0.1, 0.15) is 0 Å². The lowest BCUT2D eigenvalue weighted by Crippen LogP contribution is -2.30. The molecule has 1 aromatic rings. The van der Waals surface area contributed by atoms with Gasteiger partial charge in [0.2, 0.25) is 10.0 Å². The standard InChI is InChI=1S/C15H21NO4S/c1-3-15(18)12-5-4-6-14(9-12)21(19,20)16-8-7-13(10-16)11(2)17/h4-6,9,11,13,17H,3,7-8,10H2,1-2H3. The monoisotopic (exact) mass is 311 g/mol. The summed E-state index contributed by atoms with van der Waals surface area (Å²) in [5.74, 6) is -0.101. The van der Waals surface area contributed by atoms with Crippen molar-refractivity contribution in [2.75, 3.05) is 13.1 Å². The lowest BCUT2D eigenvalue weighted by molar-refractivity contribution is 0.0988. The van der Waals surface area contributed by atoms with Crippen LogP contribution in [0.15, 0.2) is 29.2 Å². The topological polar surface area (TPSA) is 74.7 Å². The van der Waals surface area contributed by atoms with E-state index < -0.39 is 16.1 Å². The minimum atomic E-state index is -3.60. The minimum Gasteiger partial charge on any atom is -0.393 e. The predicted molar refractivity (Wildman–Crippen MR) is 79.6 cm³/mol. The second-order valence-corrected chi connectivity index (χ2v) is 7.39. The number of nitrogens with zero attached hydrogens (tertiary/aromatic N) is 1. The summed E-state index contributed by atoms with van der Waals surface area (Å²) < 4.78 is 26.6. The highest BCUT2D eigenvalue weighted by Gasteiger charge is 2.34. The number of hydrogen-bond donors (Lipinski definition) is 1. The molecule has 2 atom stereocenters. The van der Waals surface area contributed by atoms with E-state index in [1.54, 1.807) is 26.0 Å². The normalized spacial score (nSPS) is 21.4. The number of carbonyl (C=O) groups is 1. The van der Waals surface area contributed by atoms with E-state index in [2.05, 4.69) is 0 Å². The van der Waals surface area contributed by atoms with Crippen molar-refractivity contribution in [3.63, 3.8) is 0 Å². The van der Waals surface area contributed by atoms with E-state index in [1.165, 1.54) is 16.4 Å². The number of rotatable bonds is 5. The van der Waals surface area contributed by atoms with Crippen LogP contribution in [-0.2, 0) is 10.0 Å². The Balaban J connectivity index is 2.26. The molecule has 2 rings (SSSR count). The molecule has 0 spiro atoms. The number of aliphatic hydroxyl groups is 1. The fourth-order valence-electron chi connectivity index (χ4n) is 2.55. The van der Waals surface area contributed by atoms with Gasteiger partial charge in [-0.2, -0.15) is 4.31 Å². The Hall–Kier alpha value is -1.24. The molecule has 1 aliphatic rings. The van der Waals surface area contributed by atoms with Gasteiger partial charge in [0, 0.05) is 25.1 Å². The lowest BCUT2D eigenvalue weighted by Gasteiger charge is -2.18. The molecule has 0 aliphatic carbocycles. The highest BCUT2D eigenvalue weighted by molar-refractivity contribution is 7.89. The number of carbonyl (C=O) groups excluding carboxylic acids is 1. The molecule has 6 heteroatoms. The third-order valence-electron chi connectivity index (χ3n) is 3.98.